The van der Waals surface area contributed by atoms with Crippen molar-refractivity contribution in [2.24, 2.45) is 5.92 Å². The maximum absolute atomic E-state index is 13.1. The molecule has 2 bridgehead atoms. The number of ether oxygens (including phenoxy) is 2. The first-order valence-corrected chi connectivity index (χ1v) is 13.5. The van der Waals surface area contributed by atoms with Gasteiger partial charge in [0.05, 0.1) is 23.7 Å². The maximum Gasteiger partial charge on any atom is 0.250 e. The Balaban J connectivity index is 1.33. The van der Waals surface area contributed by atoms with Crippen molar-refractivity contribution in [3.63, 3.8) is 0 Å². The van der Waals surface area contributed by atoms with Crippen LogP contribution in [-0.4, -0.2) is 64.1 Å². The molecule has 0 radical (unpaired) electrons. The molecule has 38 heavy (non-hydrogen) atoms. The van der Waals surface area contributed by atoms with Gasteiger partial charge in [-0.3, -0.25) is 9.69 Å². The Bertz CT molecular complexity index is 1300. The number of nitrogens with one attached hydrogen (secondary N) is 1. The summed E-state index contributed by atoms with van der Waals surface area (Å²) in [6.45, 7) is 5.39. The van der Waals surface area contributed by atoms with E-state index in [9.17, 15) is 20.1 Å². The number of benzene rings is 2. The van der Waals surface area contributed by atoms with Crippen LogP contribution in [0.1, 0.15) is 49.8 Å². The van der Waals surface area contributed by atoms with Gasteiger partial charge in [0.15, 0.2) is 17.6 Å². The fraction of sp³-hybridized carbons (Fsp3) is 0.500. The molecule has 2 aromatic carbocycles. The second-order valence-electron chi connectivity index (χ2n) is 11.5. The van der Waals surface area contributed by atoms with E-state index in [0.717, 1.165) is 35.5 Å². The molecule has 1 saturated heterocycles. The number of aliphatic hydroxyl groups excluding tert-OH is 1. The van der Waals surface area contributed by atoms with Gasteiger partial charge in [0, 0.05) is 24.7 Å². The minimum Gasteiger partial charge on any atom is -0.508 e. The lowest BCUT2D eigenvalue weighted by atomic mass is 9.53. The SMILES string of the molecule is COc1ccc(CNC(=O)/C(C)=C(\O)[C@@H]2Oc3c(O)ccc4c3[C@@]23CCN(CC2CC2)[C@H](C4)[C@@]3(C)O)cc1. The molecule has 4 atom stereocenters. The van der Waals surface area contributed by atoms with Crippen LogP contribution in [0.4, 0.5) is 0 Å². The normalized spacial score (nSPS) is 30.2. The second kappa shape index (κ2) is 8.92. The molecular formula is C30H36N2O6. The van der Waals surface area contributed by atoms with E-state index >= 15 is 0 Å². The van der Waals surface area contributed by atoms with Gasteiger partial charge in [-0.1, -0.05) is 18.2 Å². The molecule has 2 aliphatic carbocycles. The van der Waals surface area contributed by atoms with E-state index in [-0.39, 0.29) is 29.7 Å². The Kier molecular flexibility index (Phi) is 5.88. The number of methoxy groups -OCH3 is 1. The monoisotopic (exact) mass is 520 g/mol. The first kappa shape index (κ1) is 25.1. The summed E-state index contributed by atoms with van der Waals surface area (Å²) in [4.78, 5) is 15.5. The van der Waals surface area contributed by atoms with Crippen molar-refractivity contribution in [1.29, 1.82) is 0 Å². The molecule has 0 aromatic heterocycles. The van der Waals surface area contributed by atoms with Crippen LogP contribution in [0.25, 0.3) is 0 Å². The molecule has 0 unspecified atom stereocenters. The highest BCUT2D eigenvalue weighted by Crippen LogP contribution is 2.63. The van der Waals surface area contributed by atoms with Crippen LogP contribution in [0, 0.1) is 5.92 Å². The number of phenolic OH excluding ortho intramolecular Hbond substituents is 1. The Morgan fingerprint density at radius 2 is 1.95 bits per heavy atom. The topological polar surface area (TPSA) is 111 Å². The number of likely N-dealkylation sites (tertiary alicyclic amines) is 1. The second-order valence-corrected chi connectivity index (χ2v) is 11.5. The number of fused-ring (bicyclic) bond motifs is 1. The van der Waals surface area contributed by atoms with Crippen LogP contribution in [0.15, 0.2) is 47.7 Å². The van der Waals surface area contributed by atoms with E-state index < -0.39 is 23.0 Å². The molecule has 8 heteroatoms. The largest absolute Gasteiger partial charge is 0.508 e. The average Bonchev–Trinajstić information content (AvgIpc) is 3.65. The molecule has 2 fully saturated rings. The summed E-state index contributed by atoms with van der Waals surface area (Å²) in [6.07, 6.45) is 2.65. The number of carbonyl (C=O) groups is 1. The highest BCUT2D eigenvalue weighted by molar-refractivity contribution is 5.93. The van der Waals surface area contributed by atoms with Gasteiger partial charge < -0.3 is 30.1 Å². The third kappa shape index (κ3) is 3.68. The van der Waals surface area contributed by atoms with Crippen molar-refractivity contribution in [3.05, 3.63) is 64.4 Å². The Morgan fingerprint density at radius 1 is 1.21 bits per heavy atom. The maximum atomic E-state index is 13.1. The standard InChI is InChI=1S/C30H36N2O6/c1-17(28(35)31-15-18-6-9-21(37-3)10-7-18)25(34)27-30-12-13-32(16-19-4-5-19)23(29(30,2)36)14-20-8-11-22(33)26(38-27)24(20)30/h6-11,19,23,27,33-34,36H,4-5,12-16H2,1-3H3,(H,31,35)/b25-17-/t23-,27+,29-,30+/m1/s1. The number of phenols is 1. The van der Waals surface area contributed by atoms with Gasteiger partial charge in [-0.05, 0) is 81.3 Å². The molecule has 1 amide bonds. The lowest BCUT2D eigenvalue weighted by Gasteiger charge is -2.59. The molecule has 4 N–H and O–H groups in total. The molecule has 2 aromatic rings. The van der Waals surface area contributed by atoms with Crippen LogP contribution in [0.5, 0.6) is 17.2 Å². The van der Waals surface area contributed by atoms with E-state index in [4.69, 9.17) is 9.47 Å². The van der Waals surface area contributed by atoms with Crippen LogP contribution < -0.4 is 14.8 Å². The molecule has 2 aliphatic heterocycles. The van der Waals surface area contributed by atoms with E-state index in [1.165, 1.54) is 12.8 Å². The van der Waals surface area contributed by atoms with Gasteiger partial charge in [-0.15, -0.1) is 0 Å². The van der Waals surface area contributed by atoms with Crippen LogP contribution >= 0.6 is 0 Å². The molecule has 1 spiro atoms. The molecule has 6 rings (SSSR count). The van der Waals surface area contributed by atoms with Crippen molar-refractivity contribution < 1.29 is 29.6 Å². The number of piperidine rings is 1. The summed E-state index contributed by atoms with van der Waals surface area (Å²) in [5.74, 6) is 1.06. The molecule has 2 heterocycles. The average molecular weight is 521 g/mol. The van der Waals surface area contributed by atoms with Gasteiger partial charge >= 0.3 is 0 Å². The summed E-state index contributed by atoms with van der Waals surface area (Å²) in [6, 6.07) is 10.8. The molecular weight excluding hydrogens is 484 g/mol. The van der Waals surface area contributed by atoms with E-state index in [2.05, 4.69) is 10.2 Å². The lowest BCUT2D eigenvalue weighted by molar-refractivity contribution is -0.153. The highest BCUT2D eigenvalue weighted by Gasteiger charge is 2.69. The number of amides is 1. The smallest absolute Gasteiger partial charge is 0.250 e. The van der Waals surface area contributed by atoms with Gasteiger partial charge in [0.25, 0.3) is 5.91 Å². The van der Waals surface area contributed by atoms with Crippen molar-refractivity contribution in [2.75, 3.05) is 20.2 Å². The first-order chi connectivity index (χ1) is 18.2. The van der Waals surface area contributed by atoms with Gasteiger partial charge in [0.2, 0.25) is 0 Å². The zero-order chi connectivity index (χ0) is 26.8. The predicted molar refractivity (Wildman–Crippen MR) is 141 cm³/mol. The third-order valence-corrected chi connectivity index (χ3v) is 9.33. The van der Waals surface area contributed by atoms with Crippen molar-refractivity contribution >= 4 is 5.91 Å². The van der Waals surface area contributed by atoms with Crippen molar-refractivity contribution in [1.82, 2.24) is 10.2 Å². The number of rotatable bonds is 7. The number of aliphatic hydroxyl groups is 2. The third-order valence-electron chi connectivity index (χ3n) is 9.33. The molecule has 8 nitrogen and oxygen atoms in total. The van der Waals surface area contributed by atoms with Crippen LogP contribution in [0.3, 0.4) is 0 Å². The number of hydrogen-bond donors (Lipinski definition) is 4. The van der Waals surface area contributed by atoms with E-state index in [1.54, 1.807) is 20.1 Å². The fourth-order valence-electron chi connectivity index (χ4n) is 6.94. The molecule has 4 aliphatic rings. The molecule has 1 saturated carbocycles. The van der Waals surface area contributed by atoms with Crippen LogP contribution in [-0.2, 0) is 23.2 Å². The number of hydrogen-bond acceptors (Lipinski definition) is 7. The fourth-order valence-corrected chi connectivity index (χ4v) is 6.94. The first-order valence-electron chi connectivity index (χ1n) is 13.5. The number of carbonyl (C=O) groups excluding carboxylic acids is 1. The zero-order valence-corrected chi connectivity index (χ0v) is 22.2. The Morgan fingerprint density at radius 3 is 2.63 bits per heavy atom. The summed E-state index contributed by atoms with van der Waals surface area (Å²) in [7, 11) is 1.60. The summed E-state index contributed by atoms with van der Waals surface area (Å²) in [5.41, 5.74) is 0.584. The van der Waals surface area contributed by atoms with E-state index in [0.29, 0.717) is 24.5 Å². The summed E-state index contributed by atoms with van der Waals surface area (Å²) in [5, 5.41) is 37.4. The molecule has 202 valence electrons. The lowest BCUT2D eigenvalue weighted by Crippen LogP contribution is -2.73. The van der Waals surface area contributed by atoms with Crippen molar-refractivity contribution in [3.8, 4) is 17.2 Å². The van der Waals surface area contributed by atoms with Gasteiger partial charge in [-0.2, -0.15) is 0 Å². The zero-order valence-electron chi connectivity index (χ0n) is 22.2. The minimum atomic E-state index is -1.25. The summed E-state index contributed by atoms with van der Waals surface area (Å²) >= 11 is 0. The Hall–Kier alpha value is -3.23. The number of aromatic hydroxyl groups is 1. The van der Waals surface area contributed by atoms with Gasteiger partial charge in [0.1, 0.15) is 11.5 Å². The van der Waals surface area contributed by atoms with Crippen LogP contribution in [0.2, 0.25) is 0 Å². The van der Waals surface area contributed by atoms with Crippen molar-refractivity contribution in [2.45, 2.75) is 69.2 Å². The highest BCUT2D eigenvalue weighted by atomic mass is 16.5. The summed E-state index contributed by atoms with van der Waals surface area (Å²) < 4.78 is 11.5. The quantitative estimate of drug-likeness (QED) is 0.327. The number of nitrogens with zero attached hydrogens (tertiary/aromatic N) is 1. The van der Waals surface area contributed by atoms with Gasteiger partial charge in [-0.25, -0.2) is 0 Å². The minimum absolute atomic E-state index is 0.0188. The predicted octanol–water partition coefficient (Wildman–Crippen LogP) is 3.34. The van der Waals surface area contributed by atoms with E-state index in [1.807, 2.05) is 37.3 Å². The Labute approximate surface area is 222 Å².